The first-order chi connectivity index (χ1) is 14.0. The van der Waals surface area contributed by atoms with Gasteiger partial charge >= 0.3 is 0 Å². The van der Waals surface area contributed by atoms with Gasteiger partial charge in [0.05, 0.1) is 12.2 Å². The molecule has 3 heterocycles. The van der Waals surface area contributed by atoms with Gasteiger partial charge < -0.3 is 39.4 Å². The highest BCUT2D eigenvalue weighted by Gasteiger charge is 2.62. The average molecular weight is 422 g/mol. The van der Waals surface area contributed by atoms with E-state index in [4.69, 9.17) is 23.7 Å². The van der Waals surface area contributed by atoms with Gasteiger partial charge in [-0.25, -0.2) is 0 Å². The summed E-state index contributed by atoms with van der Waals surface area (Å²) in [6.07, 6.45) is -3.68. The Bertz CT molecular complexity index is 842. The normalized spacial score (nSPS) is 33.4. The number of carbonyl (C=O) groups is 2. The van der Waals surface area contributed by atoms with Gasteiger partial charge in [-0.15, -0.1) is 0 Å². The Morgan fingerprint density at radius 2 is 1.60 bits per heavy atom. The molecule has 0 bridgehead atoms. The number of phenolic OH excluding ortho intramolecular Hbond substituents is 1. The van der Waals surface area contributed by atoms with Crippen LogP contribution in [0.25, 0.3) is 0 Å². The predicted molar refractivity (Wildman–Crippen MR) is 102 cm³/mol. The van der Waals surface area contributed by atoms with Crippen LogP contribution in [-0.4, -0.2) is 65.7 Å². The van der Waals surface area contributed by atoms with Crippen LogP contribution in [0.15, 0.2) is 24.3 Å². The fourth-order valence-electron chi connectivity index (χ4n) is 3.87. The van der Waals surface area contributed by atoms with Gasteiger partial charge in [-0.05, 0) is 39.8 Å². The maximum absolute atomic E-state index is 12.8. The first-order valence-electron chi connectivity index (χ1n) is 9.77. The molecule has 3 aliphatic rings. The number of para-hydroxylation sites is 2. The first-order valence-corrected chi connectivity index (χ1v) is 9.77. The van der Waals surface area contributed by atoms with Crippen molar-refractivity contribution in [2.24, 2.45) is 0 Å². The third-order valence-corrected chi connectivity index (χ3v) is 5.01. The summed E-state index contributed by atoms with van der Waals surface area (Å²) in [5, 5.41) is 14.8. The first kappa shape index (κ1) is 21.0. The zero-order valence-corrected chi connectivity index (χ0v) is 17.2. The molecule has 0 spiro atoms. The summed E-state index contributed by atoms with van der Waals surface area (Å²) in [5.41, 5.74) is 0.251. The van der Waals surface area contributed by atoms with E-state index < -0.39 is 54.1 Å². The van der Waals surface area contributed by atoms with Gasteiger partial charge in [-0.3, -0.25) is 9.59 Å². The van der Waals surface area contributed by atoms with E-state index in [0.29, 0.717) is 0 Å². The number of aromatic hydroxyl groups is 1. The predicted octanol–water partition coefficient (Wildman–Crippen LogP) is 0.843. The summed E-state index contributed by atoms with van der Waals surface area (Å²) in [7, 11) is 0. The molecule has 0 aliphatic carbocycles. The standard InChI is InChI=1S/C20H26N2O8/c1-19(2)27-13-14(28-19)16-18(30-20(3,4)29-16)26-15(13)17(25)21-9-12(24)22-10-7-5-6-8-11(10)23/h5-8,13-16,18,23H,9H2,1-4H3,(H,21,25)(H,22,24)/t13-,14-,15-,16-,18+/m1/s1. The molecular weight excluding hydrogens is 396 g/mol. The Hall–Kier alpha value is -2.24. The Morgan fingerprint density at radius 3 is 2.33 bits per heavy atom. The molecule has 3 saturated heterocycles. The smallest absolute Gasteiger partial charge is 0.252 e. The molecule has 4 rings (SSSR count). The molecule has 3 fully saturated rings. The summed E-state index contributed by atoms with van der Waals surface area (Å²) < 4.78 is 29.4. The highest BCUT2D eigenvalue weighted by atomic mass is 16.9. The van der Waals surface area contributed by atoms with Gasteiger partial charge in [0, 0.05) is 0 Å². The van der Waals surface area contributed by atoms with Crippen LogP contribution in [-0.2, 0) is 33.3 Å². The van der Waals surface area contributed by atoms with Crippen LogP contribution < -0.4 is 10.6 Å². The second-order valence-corrected chi connectivity index (χ2v) is 8.37. The number of anilines is 1. The number of ether oxygens (including phenoxy) is 5. The van der Waals surface area contributed by atoms with E-state index in [9.17, 15) is 14.7 Å². The van der Waals surface area contributed by atoms with Crippen LogP contribution in [0.1, 0.15) is 27.7 Å². The lowest BCUT2D eigenvalue weighted by atomic mass is 9.98. The second kappa shape index (κ2) is 7.47. The summed E-state index contributed by atoms with van der Waals surface area (Å²) in [4.78, 5) is 25.0. The van der Waals surface area contributed by atoms with Gasteiger partial charge in [0.25, 0.3) is 5.91 Å². The van der Waals surface area contributed by atoms with Gasteiger partial charge in [-0.1, -0.05) is 12.1 Å². The number of hydrogen-bond donors (Lipinski definition) is 3. The lowest BCUT2D eigenvalue weighted by molar-refractivity contribution is -0.231. The molecular formula is C20H26N2O8. The summed E-state index contributed by atoms with van der Waals surface area (Å²) in [6.45, 7) is 6.68. The fraction of sp³-hybridized carbons (Fsp3) is 0.600. The monoisotopic (exact) mass is 422 g/mol. The number of hydrogen-bond acceptors (Lipinski definition) is 8. The molecule has 10 nitrogen and oxygen atoms in total. The van der Waals surface area contributed by atoms with Crippen molar-refractivity contribution in [1.82, 2.24) is 5.32 Å². The molecule has 5 atom stereocenters. The minimum atomic E-state index is -1.05. The lowest BCUT2D eigenvalue weighted by Gasteiger charge is -2.36. The molecule has 2 amide bonds. The highest BCUT2D eigenvalue weighted by molar-refractivity contribution is 5.96. The zero-order chi connectivity index (χ0) is 21.7. The highest BCUT2D eigenvalue weighted by Crippen LogP contribution is 2.44. The van der Waals surface area contributed by atoms with E-state index in [1.165, 1.54) is 6.07 Å². The molecule has 3 N–H and O–H groups in total. The molecule has 30 heavy (non-hydrogen) atoms. The van der Waals surface area contributed by atoms with Crippen LogP contribution in [0, 0.1) is 0 Å². The largest absolute Gasteiger partial charge is 0.506 e. The van der Waals surface area contributed by atoms with E-state index in [1.807, 2.05) is 0 Å². The van der Waals surface area contributed by atoms with E-state index in [2.05, 4.69) is 10.6 Å². The van der Waals surface area contributed by atoms with E-state index >= 15 is 0 Å². The molecule has 3 aliphatic heterocycles. The number of nitrogens with one attached hydrogen (secondary N) is 2. The van der Waals surface area contributed by atoms with Crippen LogP contribution in [0.2, 0.25) is 0 Å². The van der Waals surface area contributed by atoms with E-state index in [0.717, 1.165) is 0 Å². The van der Waals surface area contributed by atoms with E-state index in [1.54, 1.807) is 45.9 Å². The minimum Gasteiger partial charge on any atom is -0.506 e. The van der Waals surface area contributed by atoms with Gasteiger partial charge in [0.15, 0.2) is 24.0 Å². The molecule has 1 aromatic rings. The van der Waals surface area contributed by atoms with Crippen molar-refractivity contribution in [3.8, 4) is 5.75 Å². The Labute approximate surface area is 173 Å². The Morgan fingerprint density at radius 1 is 0.967 bits per heavy atom. The van der Waals surface area contributed by atoms with Crippen LogP contribution in [0.3, 0.4) is 0 Å². The number of fused-ring (bicyclic) bond motifs is 3. The van der Waals surface area contributed by atoms with Gasteiger partial charge in [0.1, 0.15) is 24.1 Å². The Kier molecular flexibility index (Phi) is 5.23. The van der Waals surface area contributed by atoms with Crippen molar-refractivity contribution in [1.29, 1.82) is 0 Å². The van der Waals surface area contributed by atoms with Gasteiger partial charge in [0.2, 0.25) is 5.91 Å². The van der Waals surface area contributed by atoms with E-state index in [-0.39, 0.29) is 18.0 Å². The molecule has 164 valence electrons. The fourth-order valence-corrected chi connectivity index (χ4v) is 3.87. The van der Waals surface area contributed by atoms with Crippen LogP contribution >= 0.6 is 0 Å². The topological polar surface area (TPSA) is 125 Å². The maximum Gasteiger partial charge on any atom is 0.252 e. The molecule has 0 unspecified atom stereocenters. The van der Waals surface area contributed by atoms with Crippen LogP contribution in [0.4, 0.5) is 5.69 Å². The van der Waals surface area contributed by atoms with Crippen molar-refractivity contribution < 1.29 is 38.4 Å². The maximum atomic E-state index is 12.8. The molecule has 0 saturated carbocycles. The number of rotatable bonds is 4. The number of carbonyl (C=O) groups excluding carboxylic acids is 2. The number of phenols is 1. The van der Waals surface area contributed by atoms with Gasteiger partial charge in [-0.2, -0.15) is 0 Å². The SMILES string of the molecule is CC1(C)O[C@@H]2[C@@H](O1)[C@H](C(=O)NCC(=O)Nc1ccccc1O)O[C@H]1OC(C)(C)O[C@@H]12. The van der Waals surface area contributed by atoms with Crippen molar-refractivity contribution in [2.75, 3.05) is 11.9 Å². The van der Waals surface area contributed by atoms with Crippen molar-refractivity contribution in [3.05, 3.63) is 24.3 Å². The van der Waals surface area contributed by atoms with Crippen molar-refractivity contribution >= 4 is 17.5 Å². The molecule has 0 radical (unpaired) electrons. The summed E-state index contributed by atoms with van der Waals surface area (Å²) >= 11 is 0. The zero-order valence-electron chi connectivity index (χ0n) is 17.2. The Balaban J connectivity index is 1.41. The molecule has 1 aromatic carbocycles. The molecule has 0 aromatic heterocycles. The summed E-state index contributed by atoms with van der Waals surface area (Å²) in [6, 6.07) is 6.31. The number of amides is 2. The molecule has 10 heteroatoms. The number of benzene rings is 1. The summed E-state index contributed by atoms with van der Waals surface area (Å²) in [5.74, 6) is -2.92. The van der Waals surface area contributed by atoms with Crippen molar-refractivity contribution in [2.45, 2.75) is 70.0 Å². The third-order valence-electron chi connectivity index (χ3n) is 5.01. The quantitative estimate of drug-likeness (QED) is 0.610. The van der Waals surface area contributed by atoms with Crippen LogP contribution in [0.5, 0.6) is 5.75 Å². The average Bonchev–Trinajstić information content (AvgIpc) is 3.14. The van der Waals surface area contributed by atoms with Crippen molar-refractivity contribution in [3.63, 3.8) is 0 Å². The second-order valence-electron chi connectivity index (χ2n) is 8.37. The third kappa shape index (κ3) is 4.14. The minimum absolute atomic E-state index is 0.0681. The lowest BCUT2D eigenvalue weighted by Crippen LogP contribution is -2.59.